The Morgan fingerprint density at radius 3 is 2.77 bits per heavy atom. The molecule has 1 aliphatic heterocycles. The van der Waals surface area contributed by atoms with Crippen molar-refractivity contribution >= 4 is 27.5 Å². The Kier molecular flexibility index (Phi) is 6.29. The molecule has 1 unspecified atom stereocenters. The molecule has 0 aliphatic carbocycles. The van der Waals surface area contributed by atoms with Crippen molar-refractivity contribution in [1.29, 1.82) is 0 Å². The second-order valence-corrected chi connectivity index (χ2v) is 8.77. The minimum absolute atomic E-state index is 0.0507. The van der Waals surface area contributed by atoms with E-state index in [9.17, 15) is 4.79 Å². The van der Waals surface area contributed by atoms with Gasteiger partial charge in [0.2, 0.25) is 17.6 Å². The van der Waals surface area contributed by atoms with E-state index in [0.29, 0.717) is 24.8 Å². The average Bonchev–Trinajstić information content (AvgIpc) is 3.19. The van der Waals surface area contributed by atoms with Crippen LogP contribution < -0.4 is 5.32 Å². The number of aryl methyl sites for hydroxylation is 2. The maximum absolute atomic E-state index is 12.9. The Bertz CT molecular complexity index is 1030. The van der Waals surface area contributed by atoms with Gasteiger partial charge in [0.05, 0.1) is 12.5 Å². The number of carbonyl (C=O) groups excluding carboxylic acids is 1. The molecule has 1 aromatic heterocycles. The Labute approximate surface area is 184 Å². The summed E-state index contributed by atoms with van der Waals surface area (Å²) in [6, 6.07) is 13.9. The van der Waals surface area contributed by atoms with E-state index in [0.717, 1.165) is 46.2 Å². The SMILES string of the molecule is Cc1cccc(C)c1NC(=O)C1CCCN(Cc2nc(-c3cccc(Br)c3)no2)C1. The molecule has 0 saturated carbocycles. The van der Waals surface area contributed by atoms with Gasteiger partial charge in [0.15, 0.2) is 0 Å². The van der Waals surface area contributed by atoms with Gasteiger partial charge in [-0.3, -0.25) is 9.69 Å². The molecule has 6 nitrogen and oxygen atoms in total. The van der Waals surface area contributed by atoms with Crippen LogP contribution in [-0.2, 0) is 11.3 Å². The summed E-state index contributed by atoms with van der Waals surface area (Å²) in [4.78, 5) is 19.7. The zero-order chi connectivity index (χ0) is 21.1. The van der Waals surface area contributed by atoms with E-state index in [1.54, 1.807) is 0 Å². The Morgan fingerprint density at radius 1 is 1.23 bits per heavy atom. The molecular weight excluding hydrogens is 444 g/mol. The van der Waals surface area contributed by atoms with Gasteiger partial charge in [-0.1, -0.05) is 51.4 Å². The van der Waals surface area contributed by atoms with Gasteiger partial charge in [-0.15, -0.1) is 0 Å². The summed E-state index contributed by atoms with van der Waals surface area (Å²) >= 11 is 3.47. The molecule has 0 bridgehead atoms. The number of hydrogen-bond acceptors (Lipinski definition) is 5. The monoisotopic (exact) mass is 468 g/mol. The molecule has 2 heterocycles. The third-order valence-corrected chi connectivity index (χ3v) is 6.01. The van der Waals surface area contributed by atoms with Crippen LogP contribution in [0, 0.1) is 19.8 Å². The molecule has 7 heteroatoms. The van der Waals surface area contributed by atoms with Crippen LogP contribution in [0.4, 0.5) is 5.69 Å². The summed E-state index contributed by atoms with van der Waals surface area (Å²) in [6.45, 7) is 6.20. The number of nitrogens with one attached hydrogen (secondary N) is 1. The van der Waals surface area contributed by atoms with Gasteiger partial charge in [-0.2, -0.15) is 4.98 Å². The van der Waals surface area contributed by atoms with Crippen molar-refractivity contribution in [3.05, 3.63) is 64.0 Å². The number of hydrogen-bond donors (Lipinski definition) is 1. The van der Waals surface area contributed by atoms with Crippen molar-refractivity contribution < 1.29 is 9.32 Å². The number of carbonyl (C=O) groups is 1. The predicted molar refractivity (Wildman–Crippen MR) is 120 cm³/mol. The number of aromatic nitrogens is 2. The number of likely N-dealkylation sites (tertiary alicyclic amines) is 1. The second-order valence-electron chi connectivity index (χ2n) is 7.85. The standard InChI is InChI=1S/C23H25BrN4O2/c1-15-6-3-7-16(2)21(15)26-23(29)18-9-5-11-28(13-18)14-20-25-22(27-30-20)17-8-4-10-19(24)12-17/h3-4,6-8,10,12,18H,5,9,11,13-14H2,1-2H3,(H,26,29). The van der Waals surface area contributed by atoms with Crippen molar-refractivity contribution in [3.8, 4) is 11.4 Å². The maximum Gasteiger partial charge on any atom is 0.241 e. The number of benzene rings is 2. The number of rotatable bonds is 5. The number of halogens is 1. The lowest BCUT2D eigenvalue weighted by molar-refractivity contribution is -0.121. The minimum Gasteiger partial charge on any atom is -0.338 e. The zero-order valence-electron chi connectivity index (χ0n) is 17.2. The van der Waals surface area contributed by atoms with Gasteiger partial charge in [-0.05, 0) is 56.5 Å². The van der Waals surface area contributed by atoms with E-state index in [1.807, 2.05) is 56.3 Å². The van der Waals surface area contributed by atoms with Gasteiger partial charge >= 0.3 is 0 Å². The first kappa shape index (κ1) is 20.8. The lowest BCUT2D eigenvalue weighted by atomic mass is 9.96. The highest BCUT2D eigenvalue weighted by molar-refractivity contribution is 9.10. The summed E-state index contributed by atoms with van der Waals surface area (Å²) in [5.74, 6) is 1.18. The summed E-state index contributed by atoms with van der Waals surface area (Å²) in [5, 5.41) is 7.25. The highest BCUT2D eigenvalue weighted by atomic mass is 79.9. The largest absolute Gasteiger partial charge is 0.338 e. The lowest BCUT2D eigenvalue weighted by Crippen LogP contribution is -2.40. The van der Waals surface area contributed by atoms with Crippen molar-refractivity contribution in [2.24, 2.45) is 5.92 Å². The van der Waals surface area contributed by atoms with Crippen molar-refractivity contribution in [2.75, 3.05) is 18.4 Å². The molecule has 2 aromatic carbocycles. The molecule has 3 aromatic rings. The summed E-state index contributed by atoms with van der Waals surface area (Å²) in [5.41, 5.74) is 4.00. The van der Waals surface area contributed by atoms with Crippen LogP contribution in [0.5, 0.6) is 0 Å². The number of piperidine rings is 1. The van der Waals surface area contributed by atoms with Gasteiger partial charge in [0.25, 0.3) is 0 Å². The van der Waals surface area contributed by atoms with E-state index < -0.39 is 0 Å². The summed E-state index contributed by atoms with van der Waals surface area (Å²) < 4.78 is 6.44. The topological polar surface area (TPSA) is 71.3 Å². The highest BCUT2D eigenvalue weighted by Crippen LogP contribution is 2.25. The predicted octanol–water partition coefficient (Wildman–Crippen LogP) is 4.97. The minimum atomic E-state index is -0.0507. The van der Waals surface area contributed by atoms with Crippen molar-refractivity contribution in [3.63, 3.8) is 0 Å². The van der Waals surface area contributed by atoms with Crippen LogP contribution in [0.1, 0.15) is 29.9 Å². The van der Waals surface area contributed by atoms with Crippen LogP contribution in [0.25, 0.3) is 11.4 Å². The Hall–Kier alpha value is -2.51. The first-order valence-electron chi connectivity index (χ1n) is 10.2. The van der Waals surface area contributed by atoms with E-state index in [2.05, 4.69) is 36.3 Å². The quantitative estimate of drug-likeness (QED) is 0.572. The molecular formula is C23H25BrN4O2. The number of anilines is 1. The van der Waals surface area contributed by atoms with E-state index in [1.165, 1.54) is 0 Å². The van der Waals surface area contributed by atoms with Gasteiger partial charge in [-0.25, -0.2) is 0 Å². The molecule has 1 saturated heterocycles. The fourth-order valence-electron chi connectivity index (χ4n) is 3.91. The molecule has 1 atom stereocenters. The fourth-order valence-corrected chi connectivity index (χ4v) is 4.30. The molecule has 4 rings (SSSR count). The van der Waals surface area contributed by atoms with Gasteiger partial charge < -0.3 is 9.84 Å². The van der Waals surface area contributed by atoms with Crippen LogP contribution in [0.2, 0.25) is 0 Å². The third kappa shape index (κ3) is 4.79. The fraction of sp³-hybridized carbons (Fsp3) is 0.348. The normalized spacial score (nSPS) is 17.1. The summed E-state index contributed by atoms with van der Waals surface area (Å²) in [7, 11) is 0. The first-order chi connectivity index (χ1) is 14.5. The highest BCUT2D eigenvalue weighted by Gasteiger charge is 2.27. The third-order valence-electron chi connectivity index (χ3n) is 5.52. The van der Waals surface area contributed by atoms with Crippen LogP contribution in [0.3, 0.4) is 0 Å². The second kappa shape index (κ2) is 9.10. The molecule has 156 valence electrons. The molecule has 1 aliphatic rings. The van der Waals surface area contributed by atoms with Crippen molar-refractivity contribution in [1.82, 2.24) is 15.0 Å². The van der Waals surface area contributed by atoms with Crippen LogP contribution >= 0.6 is 15.9 Å². The van der Waals surface area contributed by atoms with E-state index in [4.69, 9.17) is 4.52 Å². The molecule has 1 N–H and O–H groups in total. The molecule has 30 heavy (non-hydrogen) atoms. The van der Waals surface area contributed by atoms with Gasteiger partial charge in [0, 0.05) is 22.3 Å². The molecule has 0 spiro atoms. The number of nitrogens with zero attached hydrogens (tertiary/aromatic N) is 3. The molecule has 1 fully saturated rings. The smallest absolute Gasteiger partial charge is 0.241 e. The number of para-hydroxylation sites is 1. The zero-order valence-corrected chi connectivity index (χ0v) is 18.8. The van der Waals surface area contributed by atoms with Crippen molar-refractivity contribution in [2.45, 2.75) is 33.2 Å². The van der Waals surface area contributed by atoms with E-state index >= 15 is 0 Å². The number of amides is 1. The Morgan fingerprint density at radius 2 is 2.00 bits per heavy atom. The van der Waals surface area contributed by atoms with Gasteiger partial charge in [0.1, 0.15) is 0 Å². The van der Waals surface area contributed by atoms with E-state index in [-0.39, 0.29) is 11.8 Å². The first-order valence-corrected chi connectivity index (χ1v) is 11.0. The Balaban J connectivity index is 1.39. The maximum atomic E-state index is 12.9. The molecule has 0 radical (unpaired) electrons. The van der Waals surface area contributed by atoms with Crippen LogP contribution in [0.15, 0.2) is 51.5 Å². The lowest BCUT2D eigenvalue weighted by Gasteiger charge is -2.31. The summed E-state index contributed by atoms with van der Waals surface area (Å²) in [6.07, 6.45) is 1.86. The average molecular weight is 469 g/mol. The molecule has 1 amide bonds. The van der Waals surface area contributed by atoms with Crippen LogP contribution in [-0.4, -0.2) is 34.0 Å².